The minimum Gasteiger partial charge on any atom is -0.496 e. The van der Waals surface area contributed by atoms with E-state index in [-0.39, 0.29) is 30.9 Å². The fraction of sp³-hybridized carbons (Fsp3) is 0.533. The number of likely N-dealkylation sites (tertiary alicyclic amines) is 1. The van der Waals surface area contributed by atoms with E-state index in [0.29, 0.717) is 38.5 Å². The SMILES string of the molecule is COc1ccccc1CN1CCOC(COc2cc(C)c(Cl)c(C)c2)(CC(=O)N2CCC(NC(C)=O)CC2)C1. The molecular weight excluding hydrogens is 518 g/mol. The molecule has 39 heavy (non-hydrogen) atoms. The highest BCUT2D eigenvalue weighted by Crippen LogP contribution is 2.31. The first-order valence-electron chi connectivity index (χ1n) is 13.6. The summed E-state index contributed by atoms with van der Waals surface area (Å²) in [4.78, 5) is 29.2. The molecule has 0 bridgehead atoms. The normalized spacial score (nSPS) is 20.5. The fourth-order valence-corrected chi connectivity index (χ4v) is 5.64. The molecule has 2 aromatic rings. The van der Waals surface area contributed by atoms with Gasteiger partial charge in [0.1, 0.15) is 23.7 Å². The van der Waals surface area contributed by atoms with Crippen molar-refractivity contribution in [2.45, 2.75) is 58.2 Å². The molecule has 2 aliphatic rings. The fourth-order valence-electron chi connectivity index (χ4n) is 5.53. The van der Waals surface area contributed by atoms with Crippen molar-refractivity contribution in [3.63, 3.8) is 0 Å². The van der Waals surface area contributed by atoms with E-state index in [1.54, 1.807) is 7.11 Å². The molecule has 0 saturated carbocycles. The van der Waals surface area contributed by atoms with E-state index in [1.807, 2.05) is 49.1 Å². The van der Waals surface area contributed by atoms with Gasteiger partial charge >= 0.3 is 0 Å². The van der Waals surface area contributed by atoms with Crippen LogP contribution in [0.4, 0.5) is 0 Å². The van der Waals surface area contributed by atoms with Crippen LogP contribution in [0.25, 0.3) is 0 Å². The number of ether oxygens (including phenoxy) is 3. The van der Waals surface area contributed by atoms with Crippen LogP contribution in [0.15, 0.2) is 36.4 Å². The van der Waals surface area contributed by atoms with Crippen LogP contribution in [-0.4, -0.2) is 79.8 Å². The number of para-hydroxylation sites is 1. The highest BCUT2D eigenvalue weighted by Gasteiger charge is 2.41. The molecule has 2 aliphatic heterocycles. The van der Waals surface area contributed by atoms with Gasteiger partial charge in [-0.15, -0.1) is 0 Å². The zero-order valence-corrected chi connectivity index (χ0v) is 24.2. The van der Waals surface area contributed by atoms with Gasteiger partial charge in [-0.05, 0) is 56.0 Å². The number of amides is 2. The van der Waals surface area contributed by atoms with Gasteiger partial charge in [-0.3, -0.25) is 14.5 Å². The van der Waals surface area contributed by atoms with Crippen molar-refractivity contribution in [3.05, 3.63) is 58.1 Å². The molecule has 2 amide bonds. The molecule has 8 nitrogen and oxygen atoms in total. The first kappa shape index (κ1) is 29.2. The van der Waals surface area contributed by atoms with Crippen LogP contribution in [0, 0.1) is 13.8 Å². The number of piperidine rings is 1. The first-order valence-corrected chi connectivity index (χ1v) is 14.0. The van der Waals surface area contributed by atoms with Crippen molar-refractivity contribution in [1.82, 2.24) is 15.1 Å². The van der Waals surface area contributed by atoms with E-state index in [2.05, 4.69) is 16.3 Å². The Labute approximate surface area is 236 Å². The minimum atomic E-state index is -0.812. The van der Waals surface area contributed by atoms with Crippen LogP contribution < -0.4 is 14.8 Å². The average molecular weight is 558 g/mol. The second-order valence-electron chi connectivity index (χ2n) is 10.7. The molecule has 4 rings (SSSR count). The van der Waals surface area contributed by atoms with Crippen molar-refractivity contribution in [2.75, 3.05) is 46.5 Å². The third-order valence-electron chi connectivity index (χ3n) is 7.55. The number of nitrogens with zero attached hydrogens (tertiary/aromatic N) is 2. The van der Waals surface area contributed by atoms with Crippen LogP contribution in [0.3, 0.4) is 0 Å². The molecule has 2 fully saturated rings. The van der Waals surface area contributed by atoms with Crippen LogP contribution in [0.1, 0.15) is 42.9 Å². The molecule has 1 unspecified atom stereocenters. The Balaban J connectivity index is 1.50. The number of morpholine rings is 1. The van der Waals surface area contributed by atoms with Crippen LogP contribution in [0.5, 0.6) is 11.5 Å². The largest absolute Gasteiger partial charge is 0.496 e. The number of halogens is 1. The zero-order chi connectivity index (χ0) is 28.0. The van der Waals surface area contributed by atoms with Gasteiger partial charge in [0.05, 0.1) is 20.1 Å². The highest BCUT2D eigenvalue weighted by atomic mass is 35.5. The number of carbonyl (C=O) groups excluding carboxylic acids is 2. The highest BCUT2D eigenvalue weighted by molar-refractivity contribution is 6.32. The lowest BCUT2D eigenvalue weighted by Gasteiger charge is -2.43. The predicted octanol–water partition coefficient (Wildman–Crippen LogP) is 4.13. The number of benzene rings is 2. The molecule has 212 valence electrons. The summed E-state index contributed by atoms with van der Waals surface area (Å²) in [6.07, 6.45) is 1.71. The third-order valence-corrected chi connectivity index (χ3v) is 8.15. The van der Waals surface area contributed by atoms with Crippen LogP contribution in [0.2, 0.25) is 5.02 Å². The summed E-state index contributed by atoms with van der Waals surface area (Å²) in [5.41, 5.74) is 2.17. The molecule has 2 aromatic carbocycles. The Morgan fingerprint density at radius 3 is 2.49 bits per heavy atom. The minimum absolute atomic E-state index is 0.0331. The van der Waals surface area contributed by atoms with Gasteiger partial charge in [-0.25, -0.2) is 0 Å². The lowest BCUT2D eigenvalue weighted by molar-refractivity contribution is -0.157. The molecule has 0 radical (unpaired) electrons. The maximum Gasteiger partial charge on any atom is 0.225 e. The monoisotopic (exact) mass is 557 g/mol. The number of carbonyl (C=O) groups is 2. The lowest BCUT2D eigenvalue weighted by atomic mass is 9.95. The maximum absolute atomic E-state index is 13.6. The lowest BCUT2D eigenvalue weighted by Crippen LogP contribution is -2.57. The number of nitrogens with one attached hydrogen (secondary N) is 1. The van der Waals surface area contributed by atoms with Gasteiger partial charge in [0, 0.05) is 56.3 Å². The van der Waals surface area contributed by atoms with E-state index in [0.717, 1.165) is 46.8 Å². The number of hydrogen-bond donors (Lipinski definition) is 1. The van der Waals surface area contributed by atoms with Gasteiger partial charge in [0.15, 0.2) is 0 Å². The predicted molar refractivity (Wildman–Crippen MR) is 151 cm³/mol. The summed E-state index contributed by atoms with van der Waals surface area (Å²) in [5.74, 6) is 1.57. The summed E-state index contributed by atoms with van der Waals surface area (Å²) in [6.45, 7) is 9.38. The second-order valence-corrected chi connectivity index (χ2v) is 11.1. The first-order chi connectivity index (χ1) is 18.7. The van der Waals surface area contributed by atoms with Gasteiger partial charge < -0.3 is 24.4 Å². The topological polar surface area (TPSA) is 80.3 Å². The van der Waals surface area contributed by atoms with E-state index >= 15 is 0 Å². The van der Waals surface area contributed by atoms with Crippen molar-refractivity contribution in [2.24, 2.45) is 0 Å². The Hall–Kier alpha value is -2.81. The Morgan fingerprint density at radius 2 is 1.82 bits per heavy atom. The number of hydrogen-bond acceptors (Lipinski definition) is 6. The van der Waals surface area contributed by atoms with Crippen LogP contribution in [-0.2, 0) is 20.9 Å². The zero-order valence-electron chi connectivity index (χ0n) is 23.4. The summed E-state index contributed by atoms with van der Waals surface area (Å²) >= 11 is 6.37. The molecule has 1 N–H and O–H groups in total. The molecular formula is C30H40ClN3O5. The van der Waals surface area contributed by atoms with Gasteiger partial charge in [-0.2, -0.15) is 0 Å². The molecule has 2 saturated heterocycles. The molecule has 0 aliphatic carbocycles. The molecule has 9 heteroatoms. The van der Waals surface area contributed by atoms with Crippen molar-refractivity contribution in [3.8, 4) is 11.5 Å². The second kappa shape index (κ2) is 13.0. The van der Waals surface area contributed by atoms with Crippen molar-refractivity contribution >= 4 is 23.4 Å². The number of rotatable bonds is 9. The number of aryl methyl sites for hydroxylation is 2. The number of methoxy groups -OCH3 is 1. The van der Waals surface area contributed by atoms with Gasteiger partial charge in [0.25, 0.3) is 0 Å². The van der Waals surface area contributed by atoms with E-state index in [9.17, 15) is 9.59 Å². The van der Waals surface area contributed by atoms with Crippen molar-refractivity contribution in [1.29, 1.82) is 0 Å². The van der Waals surface area contributed by atoms with Crippen LogP contribution >= 0.6 is 11.6 Å². The van der Waals surface area contributed by atoms with Gasteiger partial charge in [0.2, 0.25) is 11.8 Å². The Bertz CT molecular complexity index is 1140. The van der Waals surface area contributed by atoms with Crippen molar-refractivity contribution < 1.29 is 23.8 Å². The van der Waals surface area contributed by atoms with E-state index in [4.69, 9.17) is 25.8 Å². The Morgan fingerprint density at radius 1 is 1.13 bits per heavy atom. The van der Waals surface area contributed by atoms with E-state index in [1.165, 1.54) is 6.92 Å². The smallest absolute Gasteiger partial charge is 0.225 e. The van der Waals surface area contributed by atoms with E-state index < -0.39 is 5.60 Å². The maximum atomic E-state index is 13.6. The van der Waals surface area contributed by atoms with Gasteiger partial charge in [-0.1, -0.05) is 29.8 Å². The molecule has 0 spiro atoms. The average Bonchev–Trinajstić information content (AvgIpc) is 2.91. The summed E-state index contributed by atoms with van der Waals surface area (Å²) < 4.78 is 18.3. The molecule has 2 heterocycles. The summed E-state index contributed by atoms with van der Waals surface area (Å²) in [6, 6.07) is 12.0. The quantitative estimate of drug-likeness (QED) is 0.499. The third kappa shape index (κ3) is 7.65. The Kier molecular flexibility index (Phi) is 9.75. The molecule has 0 aromatic heterocycles. The summed E-state index contributed by atoms with van der Waals surface area (Å²) in [7, 11) is 1.68. The standard InChI is InChI=1S/C30H40ClN3O5/c1-21-15-26(16-22(2)29(21)31)38-20-30(17-28(36)34-11-9-25(10-12-34)32-23(3)35)19-33(13-14-39-30)18-24-7-5-6-8-27(24)37-4/h5-8,15-16,25H,9-14,17-20H2,1-4H3,(H,32,35). The summed E-state index contributed by atoms with van der Waals surface area (Å²) in [5, 5.41) is 3.70. The molecule has 1 atom stereocenters.